The molecular formula is C8H18O2Si. The summed E-state index contributed by atoms with van der Waals surface area (Å²) in [5.74, 6) is -0.156. The van der Waals surface area contributed by atoms with Crippen molar-refractivity contribution in [1.82, 2.24) is 0 Å². The molecule has 2 nitrogen and oxygen atoms in total. The number of carbonyl (C=O) groups excluding carboxylic acids is 1. The van der Waals surface area contributed by atoms with Gasteiger partial charge in [0.2, 0.25) is 0 Å². The summed E-state index contributed by atoms with van der Waals surface area (Å²) in [6, 6.07) is 0. The summed E-state index contributed by atoms with van der Waals surface area (Å²) in [7, 11) is -1.82. The summed E-state index contributed by atoms with van der Waals surface area (Å²) in [6.07, 6.45) is 0. The maximum absolute atomic E-state index is 10.7. The largest absolute Gasteiger partial charge is 0.519 e. The Kier molecular flexibility index (Phi) is 2.89. The van der Waals surface area contributed by atoms with Crippen molar-refractivity contribution in [3.63, 3.8) is 0 Å². The van der Waals surface area contributed by atoms with Gasteiger partial charge < -0.3 is 4.43 Å². The van der Waals surface area contributed by atoms with E-state index in [0.29, 0.717) is 0 Å². The van der Waals surface area contributed by atoms with Crippen molar-refractivity contribution in [2.24, 2.45) is 0 Å². The van der Waals surface area contributed by atoms with Crippen LogP contribution < -0.4 is 0 Å². The summed E-state index contributed by atoms with van der Waals surface area (Å²) in [4.78, 5) is 10.7. The first-order chi connectivity index (χ1) is 4.67. The van der Waals surface area contributed by atoms with E-state index in [-0.39, 0.29) is 11.0 Å². The summed E-state index contributed by atoms with van der Waals surface area (Å²) >= 11 is 0. The second-order valence-electron chi connectivity index (χ2n) is 4.35. The predicted molar refractivity (Wildman–Crippen MR) is 49.0 cm³/mol. The highest BCUT2D eigenvalue weighted by Gasteiger charge is 2.39. The van der Waals surface area contributed by atoms with E-state index in [9.17, 15) is 4.79 Å². The van der Waals surface area contributed by atoms with Crippen molar-refractivity contribution in [3.05, 3.63) is 0 Å². The molecule has 0 aromatic carbocycles. The SMILES string of the molecule is CC(=O)O[Si](C)(C)C(C)(C)C. The van der Waals surface area contributed by atoms with Crippen LogP contribution in [0.25, 0.3) is 0 Å². The lowest BCUT2D eigenvalue weighted by Crippen LogP contribution is -2.42. The molecule has 0 atom stereocenters. The molecule has 0 heterocycles. The summed E-state index contributed by atoms with van der Waals surface area (Å²) < 4.78 is 5.30. The average Bonchev–Trinajstić information content (AvgIpc) is 1.56. The third kappa shape index (κ3) is 3.06. The zero-order valence-electron chi connectivity index (χ0n) is 8.32. The van der Waals surface area contributed by atoms with Crippen molar-refractivity contribution < 1.29 is 9.22 Å². The molecule has 3 heteroatoms. The van der Waals surface area contributed by atoms with Gasteiger partial charge in [-0.25, -0.2) is 0 Å². The molecule has 0 unspecified atom stereocenters. The van der Waals surface area contributed by atoms with Gasteiger partial charge in [-0.3, -0.25) is 4.79 Å². The van der Waals surface area contributed by atoms with Gasteiger partial charge in [0.15, 0.2) is 0 Å². The van der Waals surface area contributed by atoms with Crippen LogP contribution in [0, 0.1) is 0 Å². The van der Waals surface area contributed by atoms with Gasteiger partial charge in [-0.2, -0.15) is 0 Å². The highest BCUT2D eigenvalue weighted by atomic mass is 28.4. The molecule has 0 bridgehead atoms. The quantitative estimate of drug-likeness (QED) is 0.571. The lowest BCUT2D eigenvalue weighted by molar-refractivity contribution is -0.132. The molecule has 0 N–H and O–H groups in total. The van der Waals surface area contributed by atoms with E-state index in [2.05, 4.69) is 33.9 Å². The first-order valence-electron chi connectivity index (χ1n) is 3.86. The number of carbonyl (C=O) groups is 1. The summed E-state index contributed by atoms with van der Waals surface area (Å²) in [5, 5.41) is 0.124. The zero-order chi connectivity index (χ0) is 9.28. The van der Waals surface area contributed by atoms with Gasteiger partial charge in [0.25, 0.3) is 14.3 Å². The first kappa shape index (κ1) is 10.7. The van der Waals surface area contributed by atoms with E-state index in [1.807, 2.05) is 0 Å². The minimum Gasteiger partial charge on any atom is -0.519 e. The minimum atomic E-state index is -1.82. The zero-order valence-corrected chi connectivity index (χ0v) is 9.32. The average molecular weight is 174 g/mol. The fraction of sp³-hybridized carbons (Fsp3) is 0.875. The molecule has 11 heavy (non-hydrogen) atoms. The fourth-order valence-corrected chi connectivity index (χ4v) is 1.54. The summed E-state index contributed by atoms with van der Waals surface area (Å²) in [6.45, 7) is 11.9. The van der Waals surface area contributed by atoms with Crippen molar-refractivity contribution in [1.29, 1.82) is 0 Å². The standard InChI is InChI=1S/C8H18O2Si/c1-7(9)10-11(5,6)8(2,3)4/h1-6H3. The van der Waals surface area contributed by atoms with Crippen LogP contribution in [0.4, 0.5) is 0 Å². The molecule has 0 saturated heterocycles. The topological polar surface area (TPSA) is 26.3 Å². The molecule has 0 aromatic heterocycles. The highest BCUT2D eigenvalue weighted by molar-refractivity contribution is 6.75. The molecule has 0 spiro atoms. The number of hydrogen-bond donors (Lipinski definition) is 0. The first-order valence-corrected chi connectivity index (χ1v) is 6.77. The van der Waals surface area contributed by atoms with Crippen molar-refractivity contribution in [3.8, 4) is 0 Å². The predicted octanol–water partition coefficient (Wildman–Crippen LogP) is 2.55. The molecule has 0 radical (unpaired) electrons. The Labute approximate surface area is 70.1 Å². The maximum atomic E-state index is 10.7. The van der Waals surface area contributed by atoms with Crippen LogP contribution in [-0.2, 0) is 9.22 Å². The molecule has 0 fully saturated rings. The Morgan fingerprint density at radius 2 is 1.64 bits per heavy atom. The Balaban J connectivity index is 4.34. The molecule has 0 aliphatic heterocycles. The Morgan fingerprint density at radius 3 is 1.73 bits per heavy atom. The van der Waals surface area contributed by atoms with Gasteiger partial charge in [0.1, 0.15) is 0 Å². The van der Waals surface area contributed by atoms with Gasteiger partial charge in [-0.15, -0.1) is 0 Å². The van der Waals surface area contributed by atoms with Crippen LogP contribution >= 0.6 is 0 Å². The smallest absolute Gasteiger partial charge is 0.289 e. The molecule has 0 amide bonds. The van der Waals surface area contributed by atoms with Crippen molar-refractivity contribution in [2.45, 2.75) is 45.8 Å². The van der Waals surface area contributed by atoms with Gasteiger partial charge in [0.05, 0.1) is 0 Å². The van der Waals surface area contributed by atoms with Crippen molar-refractivity contribution in [2.75, 3.05) is 0 Å². The Bertz CT molecular complexity index is 156. The molecular weight excluding hydrogens is 156 g/mol. The van der Waals surface area contributed by atoms with Crippen LogP contribution in [0.5, 0.6) is 0 Å². The van der Waals surface area contributed by atoms with Crippen LogP contribution in [0.15, 0.2) is 0 Å². The second-order valence-corrected chi connectivity index (χ2v) is 9.08. The van der Waals surface area contributed by atoms with Gasteiger partial charge in [-0.05, 0) is 18.1 Å². The van der Waals surface area contributed by atoms with Gasteiger partial charge >= 0.3 is 0 Å². The van der Waals surface area contributed by atoms with E-state index in [0.717, 1.165) is 0 Å². The summed E-state index contributed by atoms with van der Waals surface area (Å²) in [5.41, 5.74) is 0. The van der Waals surface area contributed by atoms with E-state index >= 15 is 0 Å². The maximum Gasteiger partial charge on any atom is 0.289 e. The molecule has 0 aliphatic carbocycles. The van der Waals surface area contributed by atoms with Gasteiger partial charge in [-0.1, -0.05) is 20.8 Å². The minimum absolute atomic E-state index is 0.124. The third-order valence-electron chi connectivity index (χ3n) is 2.21. The normalized spacial score (nSPS) is 12.9. The van der Waals surface area contributed by atoms with E-state index in [1.54, 1.807) is 0 Å². The van der Waals surface area contributed by atoms with Crippen LogP contribution in [0.2, 0.25) is 18.1 Å². The van der Waals surface area contributed by atoms with Crippen molar-refractivity contribution >= 4 is 14.3 Å². The molecule has 0 saturated carbocycles. The van der Waals surface area contributed by atoms with E-state index < -0.39 is 8.32 Å². The number of rotatable bonds is 1. The molecule has 0 rings (SSSR count). The monoisotopic (exact) mass is 174 g/mol. The Morgan fingerprint density at radius 1 is 1.27 bits per heavy atom. The molecule has 66 valence electrons. The number of hydrogen-bond acceptors (Lipinski definition) is 2. The molecule has 0 aromatic rings. The lowest BCUT2D eigenvalue weighted by Gasteiger charge is -2.34. The third-order valence-corrected chi connectivity index (χ3v) is 6.62. The van der Waals surface area contributed by atoms with Crippen LogP contribution in [0.1, 0.15) is 27.7 Å². The lowest BCUT2D eigenvalue weighted by atomic mass is 10.2. The van der Waals surface area contributed by atoms with Crippen LogP contribution in [0.3, 0.4) is 0 Å². The Hall–Kier alpha value is -0.313. The van der Waals surface area contributed by atoms with Crippen LogP contribution in [-0.4, -0.2) is 14.3 Å². The van der Waals surface area contributed by atoms with E-state index in [4.69, 9.17) is 4.43 Å². The second kappa shape index (κ2) is 2.97. The highest BCUT2D eigenvalue weighted by Crippen LogP contribution is 2.36. The van der Waals surface area contributed by atoms with Gasteiger partial charge in [0, 0.05) is 6.92 Å². The molecule has 0 aliphatic rings. The fourth-order valence-electron chi connectivity index (χ4n) is 0.512. The van der Waals surface area contributed by atoms with E-state index in [1.165, 1.54) is 6.92 Å².